The Morgan fingerprint density at radius 1 is 1.40 bits per heavy atom. The number of halogens is 4. The van der Waals surface area contributed by atoms with Crippen LogP contribution in [-0.4, -0.2) is 25.8 Å². The van der Waals surface area contributed by atoms with Gasteiger partial charge < -0.3 is 10.9 Å². The topological polar surface area (TPSA) is 89.3 Å². The van der Waals surface area contributed by atoms with E-state index in [9.17, 15) is 13.2 Å². The molecule has 20 heavy (non-hydrogen) atoms. The number of alkyl halides is 3. The maximum absolute atomic E-state index is 12.7. The summed E-state index contributed by atoms with van der Waals surface area (Å²) in [6, 6.07) is 1.83. The minimum Gasteiger partial charge on any atom is -0.409 e. The van der Waals surface area contributed by atoms with Crippen molar-refractivity contribution >= 4 is 28.4 Å². The van der Waals surface area contributed by atoms with Gasteiger partial charge in [0.15, 0.2) is 11.7 Å². The van der Waals surface area contributed by atoms with Gasteiger partial charge in [-0.2, -0.15) is 18.3 Å². The number of nitrogens with zero attached hydrogens (tertiary/aromatic N) is 4. The molecule has 0 radical (unpaired) electrons. The average Bonchev–Trinajstić information content (AvgIpc) is 2.82. The maximum atomic E-state index is 12.7. The fraction of sp³-hybridized carbons (Fsp3) is 0.100. The van der Waals surface area contributed by atoms with Crippen molar-refractivity contribution in [1.82, 2.24) is 14.8 Å². The highest BCUT2D eigenvalue weighted by Crippen LogP contribution is 2.29. The van der Waals surface area contributed by atoms with Gasteiger partial charge in [-0.3, -0.25) is 0 Å². The number of hydrogen-bond donors (Lipinski definition) is 2. The number of aromatic nitrogens is 3. The highest BCUT2D eigenvalue weighted by molar-refractivity contribution is 14.1. The van der Waals surface area contributed by atoms with Crippen molar-refractivity contribution in [2.45, 2.75) is 6.18 Å². The smallest absolute Gasteiger partial charge is 0.409 e. The Balaban J connectivity index is 2.66. The van der Waals surface area contributed by atoms with Gasteiger partial charge in [0.2, 0.25) is 0 Å². The summed E-state index contributed by atoms with van der Waals surface area (Å²) in [5.41, 5.74) is 4.39. The van der Waals surface area contributed by atoms with Gasteiger partial charge in [-0.25, -0.2) is 9.67 Å². The zero-order chi connectivity index (χ0) is 14.9. The third-order valence-electron chi connectivity index (χ3n) is 2.32. The molecule has 0 bridgehead atoms. The zero-order valence-corrected chi connectivity index (χ0v) is 11.8. The molecular formula is C10H7F3IN5O. The summed E-state index contributed by atoms with van der Waals surface area (Å²) in [6.07, 6.45) is -1.69. The molecule has 0 fully saturated rings. The van der Waals surface area contributed by atoms with E-state index in [4.69, 9.17) is 10.9 Å². The van der Waals surface area contributed by atoms with Crippen LogP contribution in [0.2, 0.25) is 0 Å². The molecule has 106 valence electrons. The molecule has 10 heteroatoms. The molecule has 2 heterocycles. The van der Waals surface area contributed by atoms with Crippen LogP contribution in [-0.2, 0) is 6.18 Å². The third-order valence-corrected chi connectivity index (χ3v) is 2.87. The van der Waals surface area contributed by atoms with Gasteiger partial charge in [-0.15, -0.1) is 0 Å². The van der Waals surface area contributed by atoms with E-state index in [1.54, 1.807) is 0 Å². The molecule has 2 rings (SSSR count). The molecule has 0 atom stereocenters. The van der Waals surface area contributed by atoms with Gasteiger partial charge in [0.1, 0.15) is 5.69 Å². The first-order valence-corrected chi connectivity index (χ1v) is 6.17. The summed E-state index contributed by atoms with van der Waals surface area (Å²) in [7, 11) is 0. The first-order chi connectivity index (χ1) is 9.32. The normalized spacial score (nSPS) is 12.7. The highest BCUT2D eigenvalue weighted by atomic mass is 127. The molecule has 2 aromatic rings. The largest absolute Gasteiger partial charge is 0.433 e. The van der Waals surface area contributed by atoms with Crippen molar-refractivity contribution in [3.05, 3.63) is 39.4 Å². The molecule has 0 aromatic carbocycles. The molecular weight excluding hydrogens is 390 g/mol. The van der Waals surface area contributed by atoms with E-state index in [0.29, 0.717) is 3.57 Å². The third kappa shape index (κ3) is 2.84. The summed E-state index contributed by atoms with van der Waals surface area (Å²) in [5.74, 6) is -0.523. The van der Waals surface area contributed by atoms with E-state index in [-0.39, 0.29) is 17.2 Å². The molecule has 3 N–H and O–H groups in total. The molecule has 0 amide bonds. The predicted molar refractivity (Wildman–Crippen MR) is 71.6 cm³/mol. The Hall–Kier alpha value is -1.85. The van der Waals surface area contributed by atoms with Crippen molar-refractivity contribution in [1.29, 1.82) is 0 Å². The van der Waals surface area contributed by atoms with Crippen molar-refractivity contribution in [3.8, 4) is 5.82 Å². The van der Waals surface area contributed by atoms with Crippen LogP contribution in [0.5, 0.6) is 0 Å². The van der Waals surface area contributed by atoms with Crippen LogP contribution >= 0.6 is 22.6 Å². The SMILES string of the molecule is NC(=NO)c1ccc(C(F)(F)F)nc1-n1cc(I)cn1. The van der Waals surface area contributed by atoms with E-state index in [1.807, 2.05) is 22.6 Å². The number of rotatable bonds is 2. The van der Waals surface area contributed by atoms with Crippen molar-refractivity contribution in [2.24, 2.45) is 10.9 Å². The summed E-state index contributed by atoms with van der Waals surface area (Å²) < 4.78 is 39.9. The molecule has 6 nitrogen and oxygen atoms in total. The standard InChI is InChI=1S/C10H7F3IN5O/c11-10(12,13)7-2-1-6(8(15)18-20)9(17-7)19-4-5(14)3-16-19/h1-4,20H,(H2,15,18). The summed E-state index contributed by atoms with van der Waals surface area (Å²) >= 11 is 1.95. The van der Waals surface area contributed by atoms with Crippen LogP contribution in [0.3, 0.4) is 0 Å². The lowest BCUT2D eigenvalue weighted by Crippen LogP contribution is -2.20. The molecule has 2 aromatic heterocycles. The van der Waals surface area contributed by atoms with Gasteiger partial charge in [0, 0.05) is 6.20 Å². The van der Waals surface area contributed by atoms with Crippen LogP contribution in [0, 0.1) is 3.57 Å². The average molecular weight is 397 g/mol. The van der Waals surface area contributed by atoms with Gasteiger partial charge in [-0.1, -0.05) is 5.16 Å². The van der Waals surface area contributed by atoms with Crippen LogP contribution in [0.4, 0.5) is 13.2 Å². The van der Waals surface area contributed by atoms with E-state index < -0.39 is 11.9 Å². The van der Waals surface area contributed by atoms with Crippen LogP contribution in [0.15, 0.2) is 29.7 Å². The molecule has 0 aliphatic rings. The second-order valence-corrected chi connectivity index (χ2v) is 4.90. The number of hydrogen-bond acceptors (Lipinski definition) is 4. The quantitative estimate of drug-likeness (QED) is 0.267. The van der Waals surface area contributed by atoms with Gasteiger partial charge in [-0.05, 0) is 34.7 Å². The number of pyridine rings is 1. The Bertz CT molecular complexity index is 667. The number of amidine groups is 1. The monoisotopic (exact) mass is 397 g/mol. The Morgan fingerprint density at radius 2 is 2.10 bits per heavy atom. The maximum Gasteiger partial charge on any atom is 0.433 e. The highest BCUT2D eigenvalue weighted by Gasteiger charge is 2.33. The second kappa shape index (κ2) is 5.26. The van der Waals surface area contributed by atoms with Crippen LogP contribution in [0.25, 0.3) is 5.82 Å². The van der Waals surface area contributed by atoms with E-state index >= 15 is 0 Å². The Kier molecular flexibility index (Phi) is 3.83. The Labute approximate surface area is 124 Å². The molecule has 0 spiro atoms. The predicted octanol–water partition coefficient (Wildman–Crippen LogP) is 1.99. The van der Waals surface area contributed by atoms with Crippen LogP contribution in [0.1, 0.15) is 11.3 Å². The van der Waals surface area contributed by atoms with E-state index in [1.165, 1.54) is 12.4 Å². The minimum absolute atomic E-state index is 0.0417. The number of oxime groups is 1. The van der Waals surface area contributed by atoms with Crippen molar-refractivity contribution in [2.75, 3.05) is 0 Å². The minimum atomic E-state index is -4.60. The first kappa shape index (κ1) is 14.6. The van der Waals surface area contributed by atoms with E-state index in [0.717, 1.165) is 16.8 Å². The molecule has 0 unspecified atom stereocenters. The van der Waals surface area contributed by atoms with Gasteiger partial charge in [0.25, 0.3) is 0 Å². The summed E-state index contributed by atoms with van der Waals surface area (Å²) in [5, 5.41) is 15.3. The molecule has 0 aliphatic carbocycles. The fourth-order valence-electron chi connectivity index (χ4n) is 1.45. The van der Waals surface area contributed by atoms with Crippen molar-refractivity contribution < 1.29 is 18.4 Å². The van der Waals surface area contributed by atoms with Crippen molar-refractivity contribution in [3.63, 3.8) is 0 Å². The van der Waals surface area contributed by atoms with Gasteiger partial charge >= 0.3 is 6.18 Å². The number of nitrogens with two attached hydrogens (primary N) is 1. The summed E-state index contributed by atoms with van der Waals surface area (Å²) in [6.45, 7) is 0. The zero-order valence-electron chi connectivity index (χ0n) is 9.63. The lowest BCUT2D eigenvalue weighted by Gasteiger charge is -2.11. The first-order valence-electron chi connectivity index (χ1n) is 5.09. The fourth-order valence-corrected chi connectivity index (χ4v) is 1.84. The summed E-state index contributed by atoms with van der Waals surface area (Å²) in [4.78, 5) is 3.50. The molecule has 0 saturated heterocycles. The lowest BCUT2D eigenvalue weighted by atomic mass is 10.2. The van der Waals surface area contributed by atoms with E-state index in [2.05, 4.69) is 15.2 Å². The molecule has 0 saturated carbocycles. The lowest BCUT2D eigenvalue weighted by molar-refractivity contribution is -0.141. The second-order valence-electron chi connectivity index (χ2n) is 3.65. The van der Waals surface area contributed by atoms with Crippen LogP contribution < -0.4 is 5.73 Å². The molecule has 0 aliphatic heterocycles. The Morgan fingerprint density at radius 3 is 2.60 bits per heavy atom. The van der Waals surface area contributed by atoms with Gasteiger partial charge in [0.05, 0.1) is 15.3 Å².